The molecule has 0 atom stereocenters. The van der Waals surface area contributed by atoms with Gasteiger partial charge in [-0.05, 0) is 27.2 Å². The van der Waals surface area contributed by atoms with Crippen LogP contribution < -0.4 is 0 Å². The quantitative estimate of drug-likeness (QED) is 0.794. The average Bonchev–Trinajstić information content (AvgIpc) is 2.94. The summed E-state index contributed by atoms with van der Waals surface area (Å²) in [6.45, 7) is 8.90. The molecule has 0 radical (unpaired) electrons. The van der Waals surface area contributed by atoms with Gasteiger partial charge in [-0.2, -0.15) is 13.9 Å². The van der Waals surface area contributed by atoms with Gasteiger partial charge in [0.25, 0.3) is 5.92 Å². The SMILES string of the molecule is C=C(CO)CCC(F)(F)c1[nH]nc2c1CN(C(=O)OC(C)(C)C)CC2. The number of amides is 1. The number of ether oxygens (including phenoxy) is 1. The van der Waals surface area contributed by atoms with E-state index >= 15 is 0 Å². The van der Waals surface area contributed by atoms with Crippen LogP contribution in [0.4, 0.5) is 13.6 Å². The number of H-pyrrole nitrogens is 1. The Kier molecular flexibility index (Phi) is 5.51. The lowest BCUT2D eigenvalue weighted by molar-refractivity contribution is -0.0200. The number of hydrogen-bond donors (Lipinski definition) is 2. The summed E-state index contributed by atoms with van der Waals surface area (Å²) in [6, 6.07) is 0. The molecule has 8 heteroatoms. The maximum Gasteiger partial charge on any atom is 0.410 e. The van der Waals surface area contributed by atoms with E-state index in [1.807, 2.05) is 0 Å². The minimum atomic E-state index is -3.14. The molecule has 2 rings (SSSR count). The summed E-state index contributed by atoms with van der Waals surface area (Å²) in [5.74, 6) is -3.14. The monoisotopic (exact) mass is 357 g/mol. The number of hydrogen-bond acceptors (Lipinski definition) is 4. The number of nitrogens with one attached hydrogen (secondary N) is 1. The molecule has 1 amide bonds. The van der Waals surface area contributed by atoms with Crippen molar-refractivity contribution < 1.29 is 23.4 Å². The molecule has 140 valence electrons. The van der Waals surface area contributed by atoms with Crippen molar-refractivity contribution in [2.75, 3.05) is 13.2 Å². The lowest BCUT2D eigenvalue weighted by atomic mass is 9.99. The van der Waals surface area contributed by atoms with Crippen LogP contribution in [-0.2, 0) is 23.6 Å². The average molecular weight is 357 g/mol. The van der Waals surface area contributed by atoms with Gasteiger partial charge >= 0.3 is 6.09 Å². The lowest BCUT2D eigenvalue weighted by Gasteiger charge is -2.30. The van der Waals surface area contributed by atoms with Crippen LogP contribution in [0.3, 0.4) is 0 Å². The Hall–Kier alpha value is -1.96. The van der Waals surface area contributed by atoms with Gasteiger partial charge in [0.15, 0.2) is 0 Å². The summed E-state index contributed by atoms with van der Waals surface area (Å²) in [5.41, 5.74) is 0.322. The number of aromatic nitrogens is 2. The summed E-state index contributed by atoms with van der Waals surface area (Å²) in [5, 5.41) is 15.3. The van der Waals surface area contributed by atoms with Gasteiger partial charge in [-0.3, -0.25) is 5.10 Å². The first-order valence-electron chi connectivity index (χ1n) is 8.23. The molecule has 2 heterocycles. The molecule has 6 nitrogen and oxygen atoms in total. The van der Waals surface area contributed by atoms with Gasteiger partial charge in [-0.25, -0.2) is 4.79 Å². The predicted molar refractivity (Wildman–Crippen MR) is 88.3 cm³/mol. The van der Waals surface area contributed by atoms with E-state index in [0.29, 0.717) is 29.8 Å². The van der Waals surface area contributed by atoms with Crippen molar-refractivity contribution in [2.45, 2.75) is 58.1 Å². The molecule has 0 unspecified atom stereocenters. The molecule has 1 aliphatic rings. The zero-order chi connectivity index (χ0) is 18.8. The number of rotatable bonds is 5. The number of alkyl halides is 2. The van der Waals surface area contributed by atoms with Crippen molar-refractivity contribution >= 4 is 6.09 Å². The predicted octanol–water partition coefficient (Wildman–Crippen LogP) is 3.12. The van der Waals surface area contributed by atoms with E-state index in [1.54, 1.807) is 20.8 Å². The standard InChI is InChI=1S/C17H25F2N3O3/c1-11(10-23)5-7-17(18,19)14-12-9-22(8-6-13(12)20-21-14)15(24)25-16(2,3)4/h23H,1,5-10H2,2-4H3,(H,20,21). The minimum Gasteiger partial charge on any atom is -0.444 e. The number of carbonyl (C=O) groups is 1. The van der Waals surface area contributed by atoms with Gasteiger partial charge in [-0.1, -0.05) is 12.2 Å². The molecule has 1 aromatic heterocycles. The summed E-state index contributed by atoms with van der Waals surface area (Å²) in [7, 11) is 0. The topological polar surface area (TPSA) is 78.5 Å². The number of fused-ring (bicyclic) bond motifs is 1. The summed E-state index contributed by atoms with van der Waals surface area (Å²) < 4.78 is 34.4. The molecule has 0 bridgehead atoms. The van der Waals surface area contributed by atoms with Gasteiger partial charge < -0.3 is 14.7 Å². The first-order valence-corrected chi connectivity index (χ1v) is 8.23. The molecule has 0 aromatic carbocycles. The van der Waals surface area contributed by atoms with Crippen molar-refractivity contribution in [3.05, 3.63) is 29.1 Å². The Bertz CT molecular complexity index is 650. The van der Waals surface area contributed by atoms with E-state index in [2.05, 4.69) is 16.8 Å². The fourth-order valence-corrected chi connectivity index (χ4v) is 2.61. The number of aliphatic hydroxyl groups excluding tert-OH is 1. The molecule has 2 N–H and O–H groups in total. The first-order chi connectivity index (χ1) is 11.5. The maximum atomic E-state index is 14.5. The van der Waals surface area contributed by atoms with Gasteiger partial charge in [0, 0.05) is 24.9 Å². The lowest BCUT2D eigenvalue weighted by Crippen LogP contribution is -2.40. The van der Waals surface area contributed by atoms with Crippen LogP contribution in [0.15, 0.2) is 12.2 Å². The Balaban J connectivity index is 2.15. The highest BCUT2D eigenvalue weighted by Crippen LogP contribution is 2.37. The third-order valence-corrected chi connectivity index (χ3v) is 3.95. The van der Waals surface area contributed by atoms with Crippen LogP contribution in [0.1, 0.15) is 50.6 Å². The molecule has 0 saturated heterocycles. The Morgan fingerprint density at radius 1 is 1.44 bits per heavy atom. The summed E-state index contributed by atoms with van der Waals surface area (Å²) in [4.78, 5) is 13.6. The molecule has 1 aliphatic heterocycles. The third-order valence-electron chi connectivity index (χ3n) is 3.95. The molecule has 1 aromatic rings. The van der Waals surface area contributed by atoms with Crippen LogP contribution in [0, 0.1) is 0 Å². The summed E-state index contributed by atoms with van der Waals surface area (Å²) in [6.07, 6.45) is -0.604. The van der Waals surface area contributed by atoms with E-state index in [1.165, 1.54) is 4.90 Å². The molecular formula is C17H25F2N3O3. The Morgan fingerprint density at radius 2 is 2.12 bits per heavy atom. The second kappa shape index (κ2) is 7.11. The van der Waals surface area contributed by atoms with Crippen LogP contribution in [-0.4, -0.2) is 45.0 Å². The van der Waals surface area contributed by atoms with Crippen molar-refractivity contribution in [3.63, 3.8) is 0 Å². The van der Waals surface area contributed by atoms with Gasteiger partial charge in [0.1, 0.15) is 11.3 Å². The third kappa shape index (κ3) is 4.78. The van der Waals surface area contributed by atoms with Crippen LogP contribution in [0.25, 0.3) is 0 Å². The second-order valence-electron chi connectivity index (χ2n) is 7.29. The van der Waals surface area contributed by atoms with Crippen molar-refractivity contribution in [2.24, 2.45) is 0 Å². The second-order valence-corrected chi connectivity index (χ2v) is 7.29. The molecule has 0 aliphatic carbocycles. The first kappa shape index (κ1) is 19.4. The number of nitrogens with zero attached hydrogens (tertiary/aromatic N) is 2. The fourth-order valence-electron chi connectivity index (χ4n) is 2.61. The number of halogens is 2. The largest absolute Gasteiger partial charge is 0.444 e. The van der Waals surface area contributed by atoms with Gasteiger partial charge in [0.2, 0.25) is 0 Å². The highest BCUT2D eigenvalue weighted by atomic mass is 19.3. The Labute approximate surface area is 145 Å². The number of aliphatic hydroxyl groups is 1. The van der Waals surface area contributed by atoms with E-state index in [0.717, 1.165) is 0 Å². The van der Waals surface area contributed by atoms with Crippen LogP contribution in [0.2, 0.25) is 0 Å². The van der Waals surface area contributed by atoms with Gasteiger partial charge in [0.05, 0.1) is 18.8 Å². The smallest absolute Gasteiger partial charge is 0.410 e. The molecule has 0 saturated carbocycles. The molecule has 0 spiro atoms. The maximum absolute atomic E-state index is 14.5. The fraction of sp³-hybridized carbons (Fsp3) is 0.647. The van der Waals surface area contributed by atoms with E-state index < -0.39 is 24.0 Å². The van der Waals surface area contributed by atoms with Crippen molar-refractivity contribution in [1.29, 1.82) is 0 Å². The van der Waals surface area contributed by atoms with E-state index in [4.69, 9.17) is 9.84 Å². The highest BCUT2D eigenvalue weighted by molar-refractivity contribution is 5.68. The summed E-state index contributed by atoms with van der Waals surface area (Å²) >= 11 is 0. The molecule has 0 fully saturated rings. The van der Waals surface area contributed by atoms with Crippen LogP contribution >= 0.6 is 0 Å². The van der Waals surface area contributed by atoms with Crippen molar-refractivity contribution in [3.8, 4) is 0 Å². The zero-order valence-corrected chi connectivity index (χ0v) is 14.9. The van der Waals surface area contributed by atoms with Crippen molar-refractivity contribution in [1.82, 2.24) is 15.1 Å². The van der Waals surface area contributed by atoms with E-state index in [9.17, 15) is 13.6 Å². The normalized spacial score (nSPS) is 15.0. The number of carbonyl (C=O) groups excluding carboxylic acids is 1. The molecular weight excluding hydrogens is 332 g/mol. The highest BCUT2D eigenvalue weighted by Gasteiger charge is 2.39. The molecule has 25 heavy (non-hydrogen) atoms. The zero-order valence-electron chi connectivity index (χ0n) is 14.9. The Morgan fingerprint density at radius 3 is 2.72 bits per heavy atom. The van der Waals surface area contributed by atoms with Crippen LogP contribution in [0.5, 0.6) is 0 Å². The van der Waals surface area contributed by atoms with Gasteiger partial charge in [-0.15, -0.1) is 0 Å². The number of aromatic amines is 1. The van der Waals surface area contributed by atoms with E-state index in [-0.39, 0.29) is 25.3 Å². The minimum absolute atomic E-state index is 0.00702.